The number of hydrogen-bond acceptors (Lipinski definition) is 3. The van der Waals surface area contributed by atoms with Crippen LogP contribution in [0.15, 0.2) is 0 Å². The van der Waals surface area contributed by atoms with Crippen molar-refractivity contribution in [2.24, 2.45) is 0 Å². The Hall–Kier alpha value is 0.170. The van der Waals surface area contributed by atoms with Crippen LogP contribution in [0.1, 0.15) is 19.3 Å². The highest BCUT2D eigenvalue weighted by atomic mass is 35.5. The molecule has 0 amide bonds. The minimum atomic E-state index is -0.541. The van der Waals surface area contributed by atoms with Crippen LogP contribution in [0, 0.1) is 0 Å². The molecule has 1 saturated heterocycles. The molecule has 4 heteroatoms. The predicted octanol–water partition coefficient (Wildman–Crippen LogP) is -0.344. The fraction of sp³-hybridized carbons (Fsp3) is 1.00. The van der Waals surface area contributed by atoms with Crippen molar-refractivity contribution in [3.05, 3.63) is 0 Å². The number of aliphatic hydroxyl groups excluding tert-OH is 2. The van der Waals surface area contributed by atoms with Gasteiger partial charge < -0.3 is 15.5 Å². The molecule has 1 aliphatic heterocycles. The first-order valence-electron chi connectivity index (χ1n) is 3.86. The molecule has 1 aliphatic carbocycles. The number of β-amino-alcohol motifs (C(OH)–C–C–N with tert-alkyl or cyclic N) is 1. The molecule has 0 aromatic rings. The van der Waals surface area contributed by atoms with E-state index in [1.165, 1.54) is 6.42 Å². The van der Waals surface area contributed by atoms with Crippen molar-refractivity contribution in [2.75, 3.05) is 6.54 Å². The third-order valence-corrected chi connectivity index (χ3v) is 2.84. The molecule has 0 unspecified atom stereocenters. The van der Waals surface area contributed by atoms with Gasteiger partial charge in [-0.25, -0.2) is 0 Å². The fourth-order valence-corrected chi connectivity index (χ4v) is 1.92. The number of hydrogen-bond donors (Lipinski definition) is 3. The minimum absolute atomic E-state index is 0. The lowest BCUT2D eigenvalue weighted by Gasteiger charge is -2.41. The Morgan fingerprint density at radius 1 is 1.27 bits per heavy atom. The Kier molecular flexibility index (Phi) is 2.44. The van der Waals surface area contributed by atoms with E-state index in [0.717, 1.165) is 12.8 Å². The van der Waals surface area contributed by atoms with Crippen LogP contribution < -0.4 is 5.32 Å². The molecule has 66 valence electrons. The molecule has 1 heterocycles. The molecular weight excluding hydrogens is 166 g/mol. The van der Waals surface area contributed by atoms with E-state index in [1.807, 2.05) is 0 Å². The van der Waals surface area contributed by atoms with E-state index in [4.69, 9.17) is 0 Å². The molecule has 0 radical (unpaired) electrons. The molecule has 1 spiro atoms. The maximum absolute atomic E-state index is 9.46. The average molecular weight is 180 g/mol. The monoisotopic (exact) mass is 179 g/mol. The van der Waals surface area contributed by atoms with Gasteiger partial charge in [-0.3, -0.25) is 0 Å². The third-order valence-electron chi connectivity index (χ3n) is 2.84. The molecule has 0 aromatic heterocycles. The van der Waals surface area contributed by atoms with Crippen molar-refractivity contribution >= 4 is 12.4 Å². The summed E-state index contributed by atoms with van der Waals surface area (Å²) in [6.07, 6.45) is 2.15. The zero-order chi connectivity index (χ0) is 7.19. The Labute approximate surface area is 72.2 Å². The molecule has 1 saturated carbocycles. The normalized spacial score (nSPS) is 39.8. The quantitative estimate of drug-likeness (QED) is 0.477. The maximum atomic E-state index is 9.46. The minimum Gasteiger partial charge on any atom is -0.389 e. The summed E-state index contributed by atoms with van der Waals surface area (Å²) < 4.78 is 0. The first-order chi connectivity index (χ1) is 4.75. The van der Waals surface area contributed by atoms with Crippen molar-refractivity contribution < 1.29 is 10.2 Å². The van der Waals surface area contributed by atoms with Crippen LogP contribution >= 0.6 is 12.4 Å². The van der Waals surface area contributed by atoms with Crippen LogP contribution in [0.2, 0.25) is 0 Å². The number of nitrogens with one attached hydrogen (secondary N) is 1. The summed E-state index contributed by atoms with van der Waals surface area (Å²) in [7, 11) is 0. The molecular formula is C7H14ClNO2. The van der Waals surface area contributed by atoms with E-state index >= 15 is 0 Å². The lowest BCUT2D eigenvalue weighted by molar-refractivity contribution is -0.0169. The van der Waals surface area contributed by atoms with Gasteiger partial charge in [-0.2, -0.15) is 0 Å². The van der Waals surface area contributed by atoms with E-state index in [-0.39, 0.29) is 17.9 Å². The van der Waals surface area contributed by atoms with Gasteiger partial charge in [-0.1, -0.05) is 0 Å². The SMILES string of the molecule is Cl.O[C@@H]1CNC2(CCC2)[C@@H]1O. The van der Waals surface area contributed by atoms with Crippen LogP contribution in [0.5, 0.6) is 0 Å². The van der Waals surface area contributed by atoms with Gasteiger partial charge in [0.05, 0.1) is 12.2 Å². The molecule has 0 aromatic carbocycles. The highest BCUT2D eigenvalue weighted by molar-refractivity contribution is 5.85. The summed E-state index contributed by atoms with van der Waals surface area (Å²) >= 11 is 0. The van der Waals surface area contributed by atoms with Gasteiger partial charge in [0.25, 0.3) is 0 Å². The van der Waals surface area contributed by atoms with Crippen molar-refractivity contribution in [3.8, 4) is 0 Å². The van der Waals surface area contributed by atoms with Crippen molar-refractivity contribution in [1.82, 2.24) is 5.32 Å². The highest BCUT2D eigenvalue weighted by Gasteiger charge is 2.50. The highest BCUT2D eigenvalue weighted by Crippen LogP contribution is 2.38. The van der Waals surface area contributed by atoms with Crippen LogP contribution in [0.4, 0.5) is 0 Å². The van der Waals surface area contributed by atoms with Gasteiger partial charge in [-0.15, -0.1) is 12.4 Å². The zero-order valence-electron chi connectivity index (χ0n) is 6.29. The standard InChI is InChI=1S/C7H13NO2.ClH/c9-5-4-8-7(6(5)10)2-1-3-7;/h5-6,8-10H,1-4H2;1H/t5-,6-;/m1./s1. The molecule has 2 rings (SSSR count). The Morgan fingerprint density at radius 2 is 1.91 bits per heavy atom. The van der Waals surface area contributed by atoms with E-state index in [0.29, 0.717) is 6.54 Å². The number of halogens is 1. The van der Waals surface area contributed by atoms with Crippen LogP contribution in [-0.2, 0) is 0 Å². The van der Waals surface area contributed by atoms with E-state index in [2.05, 4.69) is 5.32 Å². The van der Waals surface area contributed by atoms with Gasteiger partial charge in [0.1, 0.15) is 0 Å². The van der Waals surface area contributed by atoms with Crippen LogP contribution in [0.25, 0.3) is 0 Å². The Balaban J connectivity index is 0.000000605. The summed E-state index contributed by atoms with van der Waals surface area (Å²) in [4.78, 5) is 0. The van der Waals surface area contributed by atoms with Crippen molar-refractivity contribution in [2.45, 2.75) is 37.0 Å². The van der Waals surface area contributed by atoms with Gasteiger partial charge in [-0.05, 0) is 19.3 Å². The lowest BCUT2D eigenvalue weighted by atomic mass is 9.74. The summed E-state index contributed by atoms with van der Waals surface area (Å²) in [5.74, 6) is 0. The van der Waals surface area contributed by atoms with Gasteiger partial charge >= 0.3 is 0 Å². The van der Waals surface area contributed by atoms with Crippen molar-refractivity contribution in [1.29, 1.82) is 0 Å². The van der Waals surface area contributed by atoms with E-state index in [1.54, 1.807) is 0 Å². The maximum Gasteiger partial charge on any atom is 0.0992 e. The topological polar surface area (TPSA) is 52.5 Å². The first kappa shape index (κ1) is 9.26. The number of rotatable bonds is 0. The number of aliphatic hydroxyl groups is 2. The third kappa shape index (κ3) is 1.16. The summed E-state index contributed by atoms with van der Waals surface area (Å²) in [5, 5.41) is 21.8. The summed E-state index contributed by atoms with van der Waals surface area (Å²) in [6.45, 7) is 0.557. The molecule has 2 fully saturated rings. The van der Waals surface area contributed by atoms with Gasteiger partial charge in [0, 0.05) is 12.1 Å². The summed E-state index contributed by atoms with van der Waals surface area (Å²) in [5.41, 5.74) is -0.0978. The first-order valence-corrected chi connectivity index (χ1v) is 3.86. The fourth-order valence-electron chi connectivity index (χ4n) is 1.92. The molecule has 2 aliphatic rings. The average Bonchev–Trinajstić information content (AvgIpc) is 2.10. The second kappa shape index (κ2) is 2.90. The molecule has 3 N–H and O–H groups in total. The summed E-state index contributed by atoms with van der Waals surface area (Å²) in [6, 6.07) is 0. The van der Waals surface area contributed by atoms with Crippen LogP contribution in [0.3, 0.4) is 0 Å². The zero-order valence-corrected chi connectivity index (χ0v) is 7.10. The van der Waals surface area contributed by atoms with Crippen molar-refractivity contribution in [3.63, 3.8) is 0 Å². The second-order valence-corrected chi connectivity index (χ2v) is 3.40. The van der Waals surface area contributed by atoms with Gasteiger partial charge in [0.2, 0.25) is 0 Å². The second-order valence-electron chi connectivity index (χ2n) is 3.40. The van der Waals surface area contributed by atoms with Gasteiger partial charge in [0.15, 0.2) is 0 Å². The predicted molar refractivity (Wildman–Crippen MR) is 43.8 cm³/mol. The van der Waals surface area contributed by atoms with E-state index < -0.39 is 12.2 Å². The molecule has 3 nitrogen and oxygen atoms in total. The Bertz CT molecular complexity index is 149. The lowest BCUT2D eigenvalue weighted by Crippen LogP contribution is -2.54. The molecule has 2 atom stereocenters. The van der Waals surface area contributed by atoms with E-state index in [9.17, 15) is 10.2 Å². The Morgan fingerprint density at radius 3 is 2.09 bits per heavy atom. The van der Waals surface area contributed by atoms with Crippen LogP contribution in [-0.4, -0.2) is 34.5 Å². The smallest absolute Gasteiger partial charge is 0.0992 e. The molecule has 11 heavy (non-hydrogen) atoms. The largest absolute Gasteiger partial charge is 0.389 e. The molecule has 0 bridgehead atoms.